The van der Waals surface area contributed by atoms with E-state index in [1.54, 1.807) is 0 Å². The van der Waals surface area contributed by atoms with E-state index in [1.165, 1.54) is 12.1 Å². The van der Waals surface area contributed by atoms with Crippen molar-refractivity contribution >= 4 is 5.97 Å². The molecular weight excluding hydrogens is 355 g/mol. The number of carbonyl (C=O) groups is 1. The Morgan fingerprint density at radius 1 is 1.42 bits per heavy atom. The lowest BCUT2D eigenvalue weighted by Crippen LogP contribution is -2.34. The van der Waals surface area contributed by atoms with Crippen LogP contribution >= 0.6 is 0 Å². The predicted octanol–water partition coefficient (Wildman–Crippen LogP) is -0.168. The first kappa shape index (κ1) is 18.0. The van der Waals surface area contributed by atoms with Gasteiger partial charge in [-0.1, -0.05) is 0 Å². The summed E-state index contributed by atoms with van der Waals surface area (Å²) < 4.78 is 30.4. The number of nitrogens with zero attached hydrogens (tertiary/aromatic N) is 1. The van der Waals surface area contributed by atoms with E-state index in [0.29, 0.717) is 0 Å². The van der Waals surface area contributed by atoms with Gasteiger partial charge in [-0.3, -0.25) is 14.3 Å². The van der Waals surface area contributed by atoms with Crippen molar-refractivity contribution in [2.45, 2.75) is 31.5 Å². The molecule has 0 amide bonds. The summed E-state index contributed by atoms with van der Waals surface area (Å²) >= 11 is 0. The highest BCUT2D eigenvalue weighted by Gasteiger charge is 2.37. The molecule has 1 saturated heterocycles. The molecule has 3 atom stereocenters. The lowest BCUT2D eigenvalue weighted by atomic mass is 10.2. The molecule has 2 aromatic rings. The van der Waals surface area contributed by atoms with Crippen molar-refractivity contribution in [2.75, 3.05) is 6.61 Å². The zero-order valence-electron chi connectivity index (χ0n) is 13.3. The van der Waals surface area contributed by atoms with Crippen LogP contribution in [0.15, 0.2) is 32.3 Å². The topological polar surface area (TPSA) is 144 Å². The smallest absolute Gasteiger partial charge is 0.371 e. The SMILES string of the molecule is O=C(O)c1ccc(CO[C@H]2C[C@H](n3cc(F)c(=O)[nH]c3=O)O[C@@H]2CO)o1. The first-order chi connectivity index (χ1) is 12.4. The Bertz CT molecular complexity index is 917. The fourth-order valence-electron chi connectivity index (χ4n) is 2.64. The van der Waals surface area contributed by atoms with Crippen LogP contribution in [0.25, 0.3) is 0 Å². The Kier molecular flexibility index (Phi) is 5.02. The van der Waals surface area contributed by atoms with Gasteiger partial charge in [-0.25, -0.2) is 9.59 Å². The molecule has 0 saturated carbocycles. The van der Waals surface area contributed by atoms with Crippen LogP contribution in [0.3, 0.4) is 0 Å². The van der Waals surface area contributed by atoms with Gasteiger partial charge in [0.05, 0.1) is 18.9 Å². The molecule has 0 spiro atoms. The van der Waals surface area contributed by atoms with Gasteiger partial charge in [0.2, 0.25) is 11.6 Å². The summed E-state index contributed by atoms with van der Waals surface area (Å²) in [6.07, 6.45) is -1.57. The molecule has 1 fully saturated rings. The second kappa shape index (κ2) is 7.23. The van der Waals surface area contributed by atoms with Crippen molar-refractivity contribution in [3.8, 4) is 0 Å². The van der Waals surface area contributed by atoms with E-state index in [2.05, 4.69) is 0 Å². The first-order valence-electron chi connectivity index (χ1n) is 7.60. The number of carboxylic acids is 1. The number of hydrogen-bond donors (Lipinski definition) is 3. The molecule has 0 aromatic carbocycles. The number of aromatic carboxylic acids is 1. The minimum Gasteiger partial charge on any atom is -0.475 e. The quantitative estimate of drug-likeness (QED) is 0.636. The number of aromatic amines is 1. The number of furan rings is 1. The van der Waals surface area contributed by atoms with E-state index in [-0.39, 0.29) is 24.5 Å². The number of nitrogens with one attached hydrogen (secondary N) is 1. The second-order valence-electron chi connectivity index (χ2n) is 5.61. The van der Waals surface area contributed by atoms with Crippen molar-refractivity contribution < 1.29 is 33.3 Å². The number of halogens is 1. The highest BCUT2D eigenvalue weighted by molar-refractivity contribution is 5.84. The Balaban J connectivity index is 1.71. The third-order valence-electron chi connectivity index (χ3n) is 3.91. The largest absolute Gasteiger partial charge is 0.475 e. The molecule has 0 unspecified atom stereocenters. The predicted molar refractivity (Wildman–Crippen MR) is 81.1 cm³/mol. The Morgan fingerprint density at radius 2 is 2.19 bits per heavy atom. The van der Waals surface area contributed by atoms with Crippen molar-refractivity contribution in [2.24, 2.45) is 0 Å². The van der Waals surface area contributed by atoms with Gasteiger partial charge in [0, 0.05) is 6.42 Å². The van der Waals surface area contributed by atoms with Gasteiger partial charge in [0.15, 0.2) is 0 Å². The van der Waals surface area contributed by atoms with Gasteiger partial charge < -0.3 is 24.1 Å². The van der Waals surface area contributed by atoms with E-state index in [1.807, 2.05) is 4.98 Å². The summed E-state index contributed by atoms with van der Waals surface area (Å²) in [5.74, 6) is -2.34. The number of rotatable bonds is 6. The van der Waals surface area contributed by atoms with E-state index in [0.717, 1.165) is 10.8 Å². The summed E-state index contributed by atoms with van der Waals surface area (Å²) in [5, 5.41) is 18.2. The highest BCUT2D eigenvalue weighted by Crippen LogP contribution is 2.30. The molecule has 0 radical (unpaired) electrons. The van der Waals surface area contributed by atoms with E-state index < -0.39 is 48.1 Å². The maximum absolute atomic E-state index is 13.4. The summed E-state index contributed by atoms with van der Waals surface area (Å²) in [6, 6.07) is 2.72. The Hall–Kier alpha value is -2.76. The fraction of sp³-hybridized carbons (Fsp3) is 0.400. The molecule has 1 aliphatic rings. The van der Waals surface area contributed by atoms with Crippen LogP contribution in [0, 0.1) is 5.82 Å². The van der Waals surface area contributed by atoms with E-state index in [9.17, 15) is 23.9 Å². The molecule has 2 aromatic heterocycles. The minimum atomic E-state index is -1.21. The van der Waals surface area contributed by atoms with Gasteiger partial charge in [-0.15, -0.1) is 0 Å². The van der Waals surface area contributed by atoms with Gasteiger partial charge in [-0.05, 0) is 12.1 Å². The molecular formula is C15H15FN2O8. The average Bonchev–Trinajstić information content (AvgIpc) is 3.23. The number of hydrogen-bond acceptors (Lipinski definition) is 7. The van der Waals surface area contributed by atoms with Crippen LogP contribution in [0.5, 0.6) is 0 Å². The molecule has 1 aliphatic heterocycles. The first-order valence-corrected chi connectivity index (χ1v) is 7.60. The molecule has 11 heteroatoms. The number of aromatic nitrogens is 2. The number of aliphatic hydroxyl groups excluding tert-OH is 1. The van der Waals surface area contributed by atoms with E-state index in [4.69, 9.17) is 19.0 Å². The summed E-state index contributed by atoms with van der Waals surface area (Å²) in [6.45, 7) is -0.500. The lowest BCUT2D eigenvalue weighted by molar-refractivity contribution is -0.0680. The molecule has 0 aliphatic carbocycles. The third kappa shape index (κ3) is 3.59. The summed E-state index contributed by atoms with van der Waals surface area (Å²) in [7, 11) is 0. The van der Waals surface area contributed by atoms with Gasteiger partial charge >= 0.3 is 11.7 Å². The number of aliphatic hydroxyl groups is 1. The molecule has 0 bridgehead atoms. The lowest BCUT2D eigenvalue weighted by Gasteiger charge is -2.15. The zero-order valence-corrected chi connectivity index (χ0v) is 13.3. The normalized spacial score (nSPS) is 22.6. The molecule has 140 valence electrons. The van der Waals surface area contributed by atoms with Gasteiger partial charge in [-0.2, -0.15) is 4.39 Å². The molecule has 26 heavy (non-hydrogen) atoms. The second-order valence-corrected chi connectivity index (χ2v) is 5.61. The van der Waals surface area contributed by atoms with E-state index >= 15 is 0 Å². The molecule has 3 N–H and O–H groups in total. The molecule has 3 rings (SSSR count). The minimum absolute atomic E-state index is 0.0839. The molecule has 10 nitrogen and oxygen atoms in total. The average molecular weight is 370 g/mol. The van der Waals surface area contributed by atoms with Crippen LogP contribution in [0.4, 0.5) is 4.39 Å². The van der Waals surface area contributed by atoms with Gasteiger partial charge in [0.1, 0.15) is 24.7 Å². The van der Waals surface area contributed by atoms with Crippen LogP contribution < -0.4 is 11.2 Å². The van der Waals surface area contributed by atoms with Crippen molar-refractivity contribution in [1.82, 2.24) is 9.55 Å². The van der Waals surface area contributed by atoms with Crippen molar-refractivity contribution in [3.05, 3.63) is 56.5 Å². The standard InChI is InChI=1S/C15H15FN2O8/c16-8-4-18(15(23)17-13(8)20)12-3-10(11(5-19)26-12)24-6-7-1-2-9(25-7)14(21)22/h1-2,4,10-12,19H,3,5-6H2,(H,21,22)(H,17,20,23)/t10-,11+,12+/m0/s1. The summed E-state index contributed by atoms with van der Waals surface area (Å²) in [5.41, 5.74) is -1.99. The highest BCUT2D eigenvalue weighted by atomic mass is 19.1. The Labute approximate surface area is 144 Å². The van der Waals surface area contributed by atoms with Crippen LogP contribution in [0.2, 0.25) is 0 Å². The zero-order chi connectivity index (χ0) is 18.8. The number of ether oxygens (including phenoxy) is 2. The van der Waals surface area contributed by atoms with Crippen molar-refractivity contribution in [1.29, 1.82) is 0 Å². The number of carboxylic acid groups (broad SMARTS) is 1. The fourth-order valence-corrected chi connectivity index (χ4v) is 2.64. The summed E-state index contributed by atoms with van der Waals surface area (Å²) in [4.78, 5) is 35.5. The molecule has 3 heterocycles. The third-order valence-corrected chi connectivity index (χ3v) is 3.91. The van der Waals surface area contributed by atoms with Crippen LogP contribution in [-0.2, 0) is 16.1 Å². The van der Waals surface area contributed by atoms with Gasteiger partial charge in [0.25, 0.3) is 5.56 Å². The number of H-pyrrole nitrogens is 1. The monoisotopic (exact) mass is 370 g/mol. The maximum Gasteiger partial charge on any atom is 0.371 e. The maximum atomic E-state index is 13.4. The van der Waals surface area contributed by atoms with Crippen LogP contribution in [-0.4, -0.2) is 44.5 Å². The van der Waals surface area contributed by atoms with Crippen molar-refractivity contribution in [3.63, 3.8) is 0 Å². The van der Waals surface area contributed by atoms with Crippen LogP contribution in [0.1, 0.15) is 29.0 Å². The Morgan fingerprint density at radius 3 is 2.85 bits per heavy atom.